The highest BCUT2D eigenvalue weighted by Gasteiger charge is 2.18. The maximum absolute atomic E-state index is 9.08. The van der Waals surface area contributed by atoms with Gasteiger partial charge in [-0.2, -0.15) is 0 Å². The third-order valence-corrected chi connectivity index (χ3v) is 2.80. The highest BCUT2D eigenvalue weighted by atomic mass is 32.2. The largest absolute Gasteiger partial charge is 0.748 e. The fraction of sp³-hybridized carbons (Fsp3) is 0.500. The molecule has 2 rings (SSSR count). The van der Waals surface area contributed by atoms with Crippen molar-refractivity contribution in [3.8, 4) is 0 Å². The molecule has 0 aliphatic rings. The number of nitrogens with zero attached hydrogens (tertiary/aromatic N) is 2. The number of imidazole rings is 1. The zero-order valence-corrected chi connectivity index (χ0v) is 13.4. The van der Waals surface area contributed by atoms with Gasteiger partial charge in [-0.05, 0) is 39.8 Å². The highest BCUT2D eigenvalue weighted by molar-refractivity contribution is 7.84. The zero-order valence-electron chi connectivity index (χ0n) is 12.6. The van der Waals surface area contributed by atoms with Crippen LogP contribution in [0, 0.1) is 0 Å². The zero-order chi connectivity index (χ0) is 15.5. The summed E-state index contributed by atoms with van der Waals surface area (Å²) < 4.78 is 31.9. The minimum absolute atomic E-state index is 0.509. The lowest BCUT2D eigenvalue weighted by atomic mass is 10.3. The summed E-state index contributed by atoms with van der Waals surface area (Å²) in [5.41, 5.74) is 2.64. The van der Waals surface area contributed by atoms with Crippen molar-refractivity contribution in [2.45, 2.75) is 39.8 Å². The van der Waals surface area contributed by atoms with E-state index in [4.69, 9.17) is 13.0 Å². The Morgan fingerprint density at radius 3 is 2.10 bits per heavy atom. The molecule has 0 fully saturated rings. The predicted octanol–water partition coefficient (Wildman–Crippen LogP) is 2.25. The van der Waals surface area contributed by atoms with Crippen molar-refractivity contribution in [1.82, 2.24) is 4.57 Å². The number of hydrogen-bond donors (Lipinski definition) is 0. The lowest BCUT2D eigenvalue weighted by Gasteiger charge is -2.00. The summed E-state index contributed by atoms with van der Waals surface area (Å²) in [6, 6.07) is 9.60. The summed E-state index contributed by atoms with van der Waals surface area (Å²) in [7, 11) is -3.92. The fourth-order valence-corrected chi connectivity index (χ4v) is 1.98. The highest BCUT2D eigenvalue weighted by Crippen LogP contribution is 2.17. The Balaban J connectivity index is 0.000000347. The minimum Gasteiger partial charge on any atom is -0.748 e. The Morgan fingerprint density at radius 1 is 1.15 bits per heavy atom. The van der Waals surface area contributed by atoms with Crippen molar-refractivity contribution < 1.29 is 17.5 Å². The van der Waals surface area contributed by atoms with E-state index in [1.807, 2.05) is 0 Å². The normalized spacial score (nSPS) is 11.8. The smallest absolute Gasteiger partial charge is 0.245 e. The molecule has 0 aliphatic heterocycles. The monoisotopic (exact) mass is 298 g/mol. The van der Waals surface area contributed by atoms with Crippen LogP contribution >= 0.6 is 0 Å². The van der Waals surface area contributed by atoms with E-state index < -0.39 is 10.1 Å². The molecule has 1 heterocycles. The topological polar surface area (TPSA) is 66.0 Å². The fourth-order valence-electron chi connectivity index (χ4n) is 1.98. The Hall–Kier alpha value is -1.40. The van der Waals surface area contributed by atoms with Gasteiger partial charge in [0.1, 0.15) is 0 Å². The van der Waals surface area contributed by atoms with Crippen LogP contribution in [0.5, 0.6) is 0 Å². The third-order valence-electron chi connectivity index (χ3n) is 2.80. The van der Waals surface area contributed by atoms with E-state index in [2.05, 4.69) is 67.4 Å². The molecule has 0 N–H and O–H groups in total. The van der Waals surface area contributed by atoms with Crippen molar-refractivity contribution in [1.29, 1.82) is 0 Å². The van der Waals surface area contributed by atoms with E-state index in [-0.39, 0.29) is 0 Å². The van der Waals surface area contributed by atoms with Crippen LogP contribution in [-0.2, 0) is 10.1 Å². The number of fused-ring (bicyclic) bond motifs is 1. The number of hydrogen-bond acceptors (Lipinski definition) is 3. The van der Waals surface area contributed by atoms with Gasteiger partial charge in [0.05, 0.1) is 22.2 Å². The second kappa shape index (κ2) is 6.37. The summed E-state index contributed by atoms with van der Waals surface area (Å²) in [6.45, 7) is 8.88. The Kier molecular flexibility index (Phi) is 5.30. The Bertz CT molecular complexity index is 623. The van der Waals surface area contributed by atoms with Gasteiger partial charge >= 0.3 is 0 Å². The van der Waals surface area contributed by atoms with Gasteiger partial charge in [0.15, 0.2) is 11.0 Å². The van der Waals surface area contributed by atoms with E-state index in [1.54, 1.807) is 0 Å². The van der Waals surface area contributed by atoms with Crippen LogP contribution in [0.4, 0.5) is 0 Å². The van der Waals surface area contributed by atoms with Crippen molar-refractivity contribution in [3.63, 3.8) is 0 Å². The van der Waals surface area contributed by atoms with E-state index >= 15 is 0 Å². The molecule has 0 amide bonds. The second-order valence-electron chi connectivity index (χ2n) is 5.31. The molecule has 1 aromatic carbocycles. The summed E-state index contributed by atoms with van der Waals surface area (Å²) >= 11 is 0. The van der Waals surface area contributed by atoms with E-state index in [0.29, 0.717) is 18.3 Å². The Morgan fingerprint density at radius 2 is 1.65 bits per heavy atom. The molecule has 6 heteroatoms. The molecule has 0 aliphatic carbocycles. The first-order valence-electron chi connectivity index (χ1n) is 6.53. The number of aromatic nitrogens is 2. The van der Waals surface area contributed by atoms with Crippen LogP contribution in [-0.4, -0.2) is 23.8 Å². The summed E-state index contributed by atoms with van der Waals surface area (Å²) in [5, 5.41) is 0. The quantitative estimate of drug-likeness (QED) is 0.631. The molecular formula is C14H22N2O3S. The van der Waals surface area contributed by atoms with Crippen molar-refractivity contribution >= 4 is 21.2 Å². The second-order valence-corrected chi connectivity index (χ2v) is 6.72. The van der Waals surface area contributed by atoms with Crippen LogP contribution in [0.1, 0.15) is 39.8 Å². The lowest BCUT2D eigenvalue weighted by molar-refractivity contribution is -0.692. The van der Waals surface area contributed by atoms with Gasteiger partial charge in [0, 0.05) is 6.26 Å². The number of benzene rings is 1. The lowest BCUT2D eigenvalue weighted by Crippen LogP contribution is -2.34. The minimum atomic E-state index is -3.92. The van der Waals surface area contributed by atoms with Gasteiger partial charge in [-0.1, -0.05) is 12.1 Å². The van der Waals surface area contributed by atoms with Crippen LogP contribution in [0.15, 0.2) is 30.6 Å². The van der Waals surface area contributed by atoms with Crippen LogP contribution in [0.2, 0.25) is 0 Å². The first-order valence-corrected chi connectivity index (χ1v) is 8.34. The number of para-hydroxylation sites is 2. The average molecular weight is 298 g/mol. The standard InChI is InChI=1S/C13H19N2.CH4O3S/c1-10(2)14-9-15(11(3)4)13-8-6-5-7-12(13)14;1-5(2,3)4/h5-11H,1-4H3;1H3,(H,2,3,4)/q+1;/p-1. The van der Waals surface area contributed by atoms with Crippen LogP contribution in [0.25, 0.3) is 11.0 Å². The van der Waals surface area contributed by atoms with Crippen molar-refractivity contribution in [2.75, 3.05) is 6.26 Å². The first kappa shape index (κ1) is 16.7. The van der Waals surface area contributed by atoms with Gasteiger partial charge in [-0.25, -0.2) is 17.6 Å². The van der Waals surface area contributed by atoms with Crippen LogP contribution in [0.3, 0.4) is 0 Å². The molecule has 0 bridgehead atoms. The SMILES string of the molecule is CC(C)n1c[n+](C(C)C)c2ccccc21.CS(=O)(=O)[O-]. The molecule has 20 heavy (non-hydrogen) atoms. The van der Waals surface area contributed by atoms with Crippen molar-refractivity contribution in [3.05, 3.63) is 30.6 Å². The van der Waals surface area contributed by atoms with Gasteiger partial charge < -0.3 is 4.55 Å². The predicted molar refractivity (Wildman–Crippen MR) is 78.5 cm³/mol. The summed E-state index contributed by atoms with van der Waals surface area (Å²) in [5.74, 6) is 0. The molecule has 0 spiro atoms. The van der Waals surface area contributed by atoms with E-state index in [9.17, 15) is 0 Å². The molecule has 0 radical (unpaired) electrons. The molecule has 2 aromatic rings. The number of rotatable bonds is 2. The van der Waals surface area contributed by atoms with Gasteiger partial charge in [0.2, 0.25) is 6.33 Å². The van der Waals surface area contributed by atoms with Gasteiger partial charge in [0.25, 0.3) is 0 Å². The summed E-state index contributed by atoms with van der Waals surface area (Å²) in [4.78, 5) is 0. The van der Waals surface area contributed by atoms with E-state index in [0.717, 1.165) is 0 Å². The Labute approximate surface area is 120 Å². The summed E-state index contributed by atoms with van der Waals surface area (Å²) in [6.07, 6.45) is 2.83. The molecule has 0 saturated heterocycles. The molecular weight excluding hydrogens is 276 g/mol. The molecule has 0 atom stereocenters. The van der Waals surface area contributed by atoms with Crippen LogP contribution < -0.4 is 4.57 Å². The van der Waals surface area contributed by atoms with Gasteiger partial charge in [-0.15, -0.1) is 0 Å². The van der Waals surface area contributed by atoms with Crippen molar-refractivity contribution in [2.24, 2.45) is 0 Å². The van der Waals surface area contributed by atoms with E-state index in [1.165, 1.54) is 11.0 Å². The first-order chi connectivity index (χ1) is 9.11. The maximum atomic E-state index is 9.08. The van der Waals surface area contributed by atoms with Gasteiger partial charge in [-0.3, -0.25) is 0 Å². The molecule has 112 valence electrons. The molecule has 5 nitrogen and oxygen atoms in total. The maximum Gasteiger partial charge on any atom is 0.245 e. The average Bonchev–Trinajstić information content (AvgIpc) is 2.66. The molecule has 0 saturated carbocycles. The third kappa shape index (κ3) is 4.61. The molecule has 1 aromatic heterocycles. The molecule has 0 unspecified atom stereocenters.